The fourth-order valence-corrected chi connectivity index (χ4v) is 3.42. The van der Waals surface area contributed by atoms with Crippen LogP contribution in [-0.4, -0.2) is 58.8 Å². The zero-order chi connectivity index (χ0) is 19.3. The number of nitrogens with zero attached hydrogens (tertiary/aromatic N) is 4. The average molecular weight is 363 g/mol. The topological polar surface area (TPSA) is 74.6 Å². The lowest BCUT2D eigenvalue weighted by Crippen LogP contribution is -2.45. The molecular formula is C19H34N6O. The SMILES string of the molecule is CCNC(=NCCc1c(C)nn(C)c1C)NC1CCN(C(=O)C(C)C)C1. The van der Waals surface area contributed by atoms with E-state index in [9.17, 15) is 4.79 Å². The second-order valence-corrected chi connectivity index (χ2v) is 7.35. The highest BCUT2D eigenvalue weighted by Crippen LogP contribution is 2.14. The highest BCUT2D eigenvalue weighted by atomic mass is 16.2. The van der Waals surface area contributed by atoms with Crippen LogP contribution in [0.5, 0.6) is 0 Å². The van der Waals surface area contributed by atoms with Gasteiger partial charge in [-0.1, -0.05) is 13.8 Å². The fraction of sp³-hybridized carbons (Fsp3) is 0.737. The summed E-state index contributed by atoms with van der Waals surface area (Å²) >= 11 is 0. The molecule has 0 aliphatic carbocycles. The summed E-state index contributed by atoms with van der Waals surface area (Å²) in [7, 11) is 1.98. The van der Waals surface area contributed by atoms with Gasteiger partial charge in [0.05, 0.1) is 5.69 Å². The number of amides is 1. The van der Waals surface area contributed by atoms with Crippen molar-refractivity contribution in [1.29, 1.82) is 0 Å². The van der Waals surface area contributed by atoms with E-state index in [1.54, 1.807) is 0 Å². The standard InChI is InChI=1S/C19H34N6O/c1-7-20-19(21-10-8-17-14(4)23-24(6)15(17)5)22-16-9-11-25(12-16)18(26)13(2)3/h13,16H,7-12H2,1-6H3,(H2,20,21,22). The van der Waals surface area contributed by atoms with Gasteiger partial charge in [0.15, 0.2) is 5.96 Å². The first-order chi connectivity index (χ1) is 12.3. The molecule has 1 saturated heterocycles. The summed E-state index contributed by atoms with van der Waals surface area (Å²) in [4.78, 5) is 18.8. The molecule has 1 aliphatic heterocycles. The molecule has 2 rings (SSSR count). The second-order valence-electron chi connectivity index (χ2n) is 7.35. The fourth-order valence-electron chi connectivity index (χ4n) is 3.42. The maximum absolute atomic E-state index is 12.1. The van der Waals surface area contributed by atoms with Crippen LogP contribution in [0.1, 0.15) is 44.1 Å². The van der Waals surface area contributed by atoms with Crippen molar-refractivity contribution in [3.05, 3.63) is 17.0 Å². The molecule has 7 nitrogen and oxygen atoms in total. The number of likely N-dealkylation sites (tertiary alicyclic amines) is 1. The number of aryl methyl sites for hydroxylation is 2. The first-order valence-electron chi connectivity index (χ1n) is 9.66. The molecular weight excluding hydrogens is 328 g/mol. The third kappa shape index (κ3) is 4.99. The van der Waals surface area contributed by atoms with E-state index in [2.05, 4.69) is 29.6 Å². The Kier molecular flexibility index (Phi) is 7.06. The van der Waals surface area contributed by atoms with Crippen molar-refractivity contribution in [2.75, 3.05) is 26.2 Å². The van der Waals surface area contributed by atoms with Gasteiger partial charge in [0, 0.05) is 50.9 Å². The van der Waals surface area contributed by atoms with E-state index in [0.29, 0.717) is 6.54 Å². The number of aromatic nitrogens is 2. The summed E-state index contributed by atoms with van der Waals surface area (Å²) < 4.78 is 1.93. The molecule has 2 heterocycles. The highest BCUT2D eigenvalue weighted by molar-refractivity contribution is 5.81. The van der Waals surface area contributed by atoms with Crippen molar-refractivity contribution in [2.45, 2.75) is 53.5 Å². The maximum atomic E-state index is 12.1. The average Bonchev–Trinajstić information content (AvgIpc) is 3.14. The predicted octanol–water partition coefficient (Wildman–Crippen LogP) is 1.39. The van der Waals surface area contributed by atoms with Gasteiger partial charge in [-0.15, -0.1) is 0 Å². The largest absolute Gasteiger partial charge is 0.357 e. The Morgan fingerprint density at radius 2 is 2.12 bits per heavy atom. The van der Waals surface area contributed by atoms with E-state index in [-0.39, 0.29) is 17.9 Å². The molecule has 1 aliphatic rings. The summed E-state index contributed by atoms with van der Waals surface area (Å²) in [6.07, 6.45) is 1.84. The van der Waals surface area contributed by atoms with Crippen LogP contribution in [0.3, 0.4) is 0 Å². The Bertz CT molecular complexity index is 649. The number of guanidine groups is 1. The number of carbonyl (C=O) groups excluding carboxylic acids is 1. The number of hydrogen-bond donors (Lipinski definition) is 2. The van der Waals surface area contributed by atoms with E-state index >= 15 is 0 Å². The van der Waals surface area contributed by atoms with Crippen LogP contribution in [-0.2, 0) is 18.3 Å². The van der Waals surface area contributed by atoms with Gasteiger partial charge in [-0.3, -0.25) is 14.5 Å². The zero-order valence-corrected chi connectivity index (χ0v) is 17.1. The van der Waals surface area contributed by atoms with E-state index in [4.69, 9.17) is 4.99 Å². The number of aliphatic imine (C=N–C) groups is 1. The second kappa shape index (κ2) is 9.05. The van der Waals surface area contributed by atoms with Crippen molar-refractivity contribution in [3.63, 3.8) is 0 Å². The van der Waals surface area contributed by atoms with E-state index in [1.807, 2.05) is 37.4 Å². The van der Waals surface area contributed by atoms with Crippen LogP contribution in [0.4, 0.5) is 0 Å². The van der Waals surface area contributed by atoms with Gasteiger partial charge in [0.2, 0.25) is 5.91 Å². The summed E-state index contributed by atoms with van der Waals surface area (Å²) in [5.41, 5.74) is 3.56. The minimum absolute atomic E-state index is 0.0571. The number of nitrogens with one attached hydrogen (secondary N) is 2. The van der Waals surface area contributed by atoms with Gasteiger partial charge in [-0.25, -0.2) is 0 Å². The molecule has 0 spiro atoms. The summed E-state index contributed by atoms with van der Waals surface area (Å²) in [5, 5.41) is 11.3. The van der Waals surface area contributed by atoms with E-state index < -0.39 is 0 Å². The molecule has 0 bridgehead atoms. The summed E-state index contributed by atoms with van der Waals surface area (Å²) in [6.45, 7) is 13.2. The third-order valence-corrected chi connectivity index (χ3v) is 4.97. The minimum Gasteiger partial charge on any atom is -0.357 e. The van der Waals surface area contributed by atoms with Gasteiger partial charge in [0.25, 0.3) is 0 Å². The molecule has 1 fully saturated rings. The minimum atomic E-state index is 0.0571. The molecule has 146 valence electrons. The highest BCUT2D eigenvalue weighted by Gasteiger charge is 2.27. The van der Waals surface area contributed by atoms with Crippen LogP contribution < -0.4 is 10.6 Å². The molecule has 2 N–H and O–H groups in total. The smallest absolute Gasteiger partial charge is 0.225 e. The van der Waals surface area contributed by atoms with Gasteiger partial charge in [-0.2, -0.15) is 5.10 Å². The molecule has 1 unspecified atom stereocenters. The van der Waals surface area contributed by atoms with Gasteiger partial charge < -0.3 is 15.5 Å². The van der Waals surface area contributed by atoms with Crippen LogP contribution >= 0.6 is 0 Å². The molecule has 7 heteroatoms. The lowest BCUT2D eigenvalue weighted by atomic mass is 10.1. The maximum Gasteiger partial charge on any atom is 0.225 e. The quantitative estimate of drug-likeness (QED) is 0.592. The molecule has 0 radical (unpaired) electrons. The zero-order valence-electron chi connectivity index (χ0n) is 17.1. The van der Waals surface area contributed by atoms with Crippen LogP contribution in [0, 0.1) is 19.8 Å². The molecule has 1 aromatic heterocycles. The monoisotopic (exact) mass is 362 g/mol. The lowest BCUT2D eigenvalue weighted by molar-refractivity contribution is -0.133. The van der Waals surface area contributed by atoms with E-state index in [1.165, 1.54) is 11.3 Å². The lowest BCUT2D eigenvalue weighted by Gasteiger charge is -2.20. The number of rotatable bonds is 6. The van der Waals surface area contributed by atoms with Crippen LogP contribution in [0.25, 0.3) is 0 Å². The van der Waals surface area contributed by atoms with Crippen molar-refractivity contribution in [2.24, 2.45) is 18.0 Å². The molecule has 0 aromatic carbocycles. The Morgan fingerprint density at radius 1 is 1.38 bits per heavy atom. The molecule has 1 aromatic rings. The Hall–Kier alpha value is -2.05. The van der Waals surface area contributed by atoms with Crippen molar-refractivity contribution in [3.8, 4) is 0 Å². The predicted molar refractivity (Wildman–Crippen MR) is 105 cm³/mol. The molecule has 1 atom stereocenters. The van der Waals surface area contributed by atoms with Crippen LogP contribution in [0.2, 0.25) is 0 Å². The number of hydrogen-bond acceptors (Lipinski definition) is 3. The summed E-state index contributed by atoms with van der Waals surface area (Å²) in [6, 6.07) is 0.261. The van der Waals surface area contributed by atoms with Crippen molar-refractivity contribution in [1.82, 2.24) is 25.3 Å². The first-order valence-corrected chi connectivity index (χ1v) is 9.66. The van der Waals surface area contributed by atoms with Crippen molar-refractivity contribution >= 4 is 11.9 Å². The van der Waals surface area contributed by atoms with Gasteiger partial charge in [0.1, 0.15) is 0 Å². The third-order valence-electron chi connectivity index (χ3n) is 4.97. The molecule has 26 heavy (non-hydrogen) atoms. The molecule has 1 amide bonds. The Balaban J connectivity index is 1.92. The normalized spacial score (nSPS) is 17.9. The number of carbonyl (C=O) groups is 1. The Morgan fingerprint density at radius 3 is 2.69 bits per heavy atom. The van der Waals surface area contributed by atoms with Crippen LogP contribution in [0.15, 0.2) is 4.99 Å². The summed E-state index contributed by atoms with van der Waals surface area (Å²) in [5.74, 6) is 1.12. The van der Waals surface area contributed by atoms with Crippen molar-refractivity contribution < 1.29 is 4.79 Å². The van der Waals surface area contributed by atoms with E-state index in [0.717, 1.165) is 44.1 Å². The molecule has 0 saturated carbocycles. The van der Waals surface area contributed by atoms with Gasteiger partial charge >= 0.3 is 0 Å². The first kappa shape index (κ1) is 20.3. The van der Waals surface area contributed by atoms with Gasteiger partial charge in [-0.05, 0) is 39.2 Å². The Labute approximate surface area is 157 Å².